The second-order valence-corrected chi connectivity index (χ2v) is 5.84. The van der Waals surface area contributed by atoms with Crippen molar-refractivity contribution < 1.29 is 4.52 Å². The summed E-state index contributed by atoms with van der Waals surface area (Å²) in [6.45, 7) is 6.19. The first kappa shape index (κ1) is 13.4. The maximum Gasteiger partial charge on any atom is 0.261 e. The van der Waals surface area contributed by atoms with Gasteiger partial charge in [0.05, 0.1) is 30.0 Å². The van der Waals surface area contributed by atoms with Gasteiger partial charge >= 0.3 is 0 Å². The van der Waals surface area contributed by atoms with E-state index in [0.717, 1.165) is 0 Å². The number of nitrogens with zero attached hydrogens (tertiary/aromatic N) is 5. The van der Waals surface area contributed by atoms with Crippen LogP contribution >= 0.6 is 0 Å². The minimum Gasteiger partial charge on any atom is -0.339 e. The Morgan fingerprint density at radius 3 is 2.86 bits per heavy atom. The molecule has 0 amide bonds. The summed E-state index contributed by atoms with van der Waals surface area (Å²) >= 11 is 0. The molecule has 0 aliphatic rings. The molecule has 0 aromatic carbocycles. The fraction of sp³-hybridized carbons (Fsp3) is 0.357. The lowest BCUT2D eigenvalue weighted by Gasteiger charge is -2.10. The largest absolute Gasteiger partial charge is 0.339 e. The minimum atomic E-state index is -0.219. The number of pyridine rings is 1. The lowest BCUT2D eigenvalue weighted by atomic mass is 9.97. The van der Waals surface area contributed by atoms with E-state index in [1.54, 1.807) is 18.5 Å². The van der Waals surface area contributed by atoms with E-state index in [9.17, 15) is 4.79 Å². The molecule has 0 unspecified atom stereocenters. The maximum absolute atomic E-state index is 12.3. The SMILES string of the molecule is CC(C)(C)c1nc(Cn2cnc3cnccc3c2=O)no1. The highest BCUT2D eigenvalue weighted by molar-refractivity contribution is 5.75. The molecule has 0 aliphatic heterocycles. The van der Waals surface area contributed by atoms with Gasteiger partial charge < -0.3 is 4.52 Å². The van der Waals surface area contributed by atoms with Gasteiger partial charge in [-0.25, -0.2) is 4.98 Å². The number of rotatable bonds is 2. The maximum atomic E-state index is 12.3. The average Bonchev–Trinajstić information content (AvgIpc) is 2.91. The van der Waals surface area contributed by atoms with Gasteiger partial charge in [0.25, 0.3) is 5.56 Å². The Balaban J connectivity index is 1.97. The lowest BCUT2D eigenvalue weighted by molar-refractivity contribution is 0.318. The van der Waals surface area contributed by atoms with Crippen molar-refractivity contribution in [1.82, 2.24) is 24.7 Å². The van der Waals surface area contributed by atoms with E-state index >= 15 is 0 Å². The molecule has 0 aliphatic carbocycles. The monoisotopic (exact) mass is 285 g/mol. The fourth-order valence-electron chi connectivity index (χ4n) is 1.90. The number of fused-ring (bicyclic) bond motifs is 1. The van der Waals surface area contributed by atoms with Crippen LogP contribution in [-0.2, 0) is 12.0 Å². The highest BCUT2D eigenvalue weighted by Gasteiger charge is 2.21. The molecule has 7 heteroatoms. The molecular weight excluding hydrogens is 270 g/mol. The van der Waals surface area contributed by atoms with Crippen molar-refractivity contribution in [2.75, 3.05) is 0 Å². The van der Waals surface area contributed by atoms with E-state index in [1.807, 2.05) is 20.8 Å². The molecule has 108 valence electrons. The summed E-state index contributed by atoms with van der Waals surface area (Å²) in [4.78, 5) is 24.8. The summed E-state index contributed by atoms with van der Waals surface area (Å²) in [7, 11) is 0. The minimum absolute atomic E-state index is 0.149. The average molecular weight is 285 g/mol. The van der Waals surface area contributed by atoms with Crippen molar-refractivity contribution in [1.29, 1.82) is 0 Å². The zero-order valence-electron chi connectivity index (χ0n) is 12.1. The molecular formula is C14H15N5O2. The molecule has 21 heavy (non-hydrogen) atoms. The van der Waals surface area contributed by atoms with Crippen molar-refractivity contribution in [2.45, 2.75) is 32.7 Å². The van der Waals surface area contributed by atoms with Crippen LogP contribution in [0, 0.1) is 0 Å². The molecule has 0 saturated carbocycles. The van der Waals surface area contributed by atoms with Gasteiger partial charge in [-0.1, -0.05) is 25.9 Å². The summed E-state index contributed by atoms with van der Waals surface area (Å²) in [6, 6.07) is 1.65. The molecule has 0 spiro atoms. The second-order valence-electron chi connectivity index (χ2n) is 5.84. The van der Waals surface area contributed by atoms with Crippen LogP contribution in [-0.4, -0.2) is 24.7 Å². The van der Waals surface area contributed by atoms with Gasteiger partial charge in [-0.3, -0.25) is 14.3 Å². The van der Waals surface area contributed by atoms with Crippen LogP contribution in [0.25, 0.3) is 10.9 Å². The first-order chi connectivity index (χ1) is 9.95. The van der Waals surface area contributed by atoms with Crippen LogP contribution in [0.5, 0.6) is 0 Å². The quantitative estimate of drug-likeness (QED) is 0.709. The Kier molecular flexibility index (Phi) is 3.04. The molecule has 7 nitrogen and oxygen atoms in total. The van der Waals surface area contributed by atoms with E-state index in [-0.39, 0.29) is 17.5 Å². The van der Waals surface area contributed by atoms with E-state index in [2.05, 4.69) is 20.1 Å². The van der Waals surface area contributed by atoms with Gasteiger partial charge in [0.15, 0.2) is 5.82 Å². The van der Waals surface area contributed by atoms with Gasteiger partial charge in [-0.2, -0.15) is 4.98 Å². The zero-order valence-corrected chi connectivity index (χ0v) is 12.1. The van der Waals surface area contributed by atoms with Crippen LogP contribution < -0.4 is 5.56 Å². The van der Waals surface area contributed by atoms with Crippen LogP contribution in [0.1, 0.15) is 32.5 Å². The Morgan fingerprint density at radius 2 is 2.14 bits per heavy atom. The second kappa shape index (κ2) is 4.76. The van der Waals surface area contributed by atoms with Gasteiger partial charge in [-0.05, 0) is 6.07 Å². The Bertz CT molecular complexity index is 844. The summed E-state index contributed by atoms with van der Waals surface area (Å²) < 4.78 is 6.68. The number of hydrogen-bond acceptors (Lipinski definition) is 6. The smallest absolute Gasteiger partial charge is 0.261 e. The Hall–Kier alpha value is -2.57. The van der Waals surface area contributed by atoms with Gasteiger partial charge in [-0.15, -0.1) is 0 Å². The third kappa shape index (κ3) is 2.54. The third-order valence-corrected chi connectivity index (χ3v) is 3.05. The summed E-state index contributed by atoms with van der Waals surface area (Å²) in [5.41, 5.74) is 0.204. The van der Waals surface area contributed by atoms with Crippen molar-refractivity contribution in [3.8, 4) is 0 Å². The van der Waals surface area contributed by atoms with E-state index in [4.69, 9.17) is 4.52 Å². The van der Waals surface area contributed by atoms with Crippen LogP contribution in [0.3, 0.4) is 0 Å². The lowest BCUT2D eigenvalue weighted by Crippen LogP contribution is -2.22. The summed E-state index contributed by atoms with van der Waals surface area (Å²) in [5, 5.41) is 4.43. The number of hydrogen-bond donors (Lipinski definition) is 0. The molecule has 0 atom stereocenters. The van der Waals surface area contributed by atoms with E-state index < -0.39 is 0 Å². The topological polar surface area (TPSA) is 86.7 Å². The molecule has 3 heterocycles. The van der Waals surface area contributed by atoms with Crippen molar-refractivity contribution in [2.24, 2.45) is 0 Å². The molecule has 0 bridgehead atoms. The van der Waals surface area contributed by atoms with Crippen LogP contribution in [0.4, 0.5) is 0 Å². The molecule has 0 radical (unpaired) electrons. The molecule has 0 fully saturated rings. The zero-order chi connectivity index (χ0) is 15.0. The summed E-state index contributed by atoms with van der Waals surface area (Å²) in [5.74, 6) is 1.00. The highest BCUT2D eigenvalue weighted by atomic mass is 16.5. The van der Waals surface area contributed by atoms with Crippen molar-refractivity contribution in [3.05, 3.63) is 46.9 Å². The predicted molar refractivity (Wildman–Crippen MR) is 75.9 cm³/mol. The Morgan fingerprint density at radius 1 is 1.33 bits per heavy atom. The molecule has 0 N–H and O–H groups in total. The van der Waals surface area contributed by atoms with Gasteiger partial charge in [0.2, 0.25) is 5.89 Å². The van der Waals surface area contributed by atoms with E-state index in [1.165, 1.54) is 10.9 Å². The first-order valence-corrected chi connectivity index (χ1v) is 6.57. The van der Waals surface area contributed by atoms with Gasteiger partial charge in [0.1, 0.15) is 0 Å². The van der Waals surface area contributed by atoms with Crippen molar-refractivity contribution in [3.63, 3.8) is 0 Å². The molecule has 0 saturated heterocycles. The number of aromatic nitrogens is 5. The van der Waals surface area contributed by atoms with E-state index in [0.29, 0.717) is 22.6 Å². The molecule has 3 aromatic rings. The standard InChI is InChI=1S/C14H15N5O2/c1-14(2,3)13-17-11(18-21-13)7-19-8-16-10-6-15-5-4-9(10)12(19)20/h4-6,8H,7H2,1-3H3. The molecule has 3 aromatic heterocycles. The van der Waals surface area contributed by atoms with Gasteiger partial charge in [0, 0.05) is 11.6 Å². The predicted octanol–water partition coefficient (Wildman–Crippen LogP) is 1.52. The summed E-state index contributed by atoms with van der Waals surface area (Å²) in [6.07, 6.45) is 4.61. The third-order valence-electron chi connectivity index (χ3n) is 3.05. The normalized spacial score (nSPS) is 12.0. The highest BCUT2D eigenvalue weighted by Crippen LogP contribution is 2.19. The van der Waals surface area contributed by atoms with Crippen molar-refractivity contribution >= 4 is 10.9 Å². The van der Waals surface area contributed by atoms with Crippen LogP contribution in [0.15, 0.2) is 34.1 Å². The van der Waals surface area contributed by atoms with Crippen LogP contribution in [0.2, 0.25) is 0 Å². The molecule has 3 rings (SSSR count). The Labute approximate surface area is 120 Å². The first-order valence-electron chi connectivity index (χ1n) is 6.57. The fourth-order valence-corrected chi connectivity index (χ4v) is 1.90.